The minimum absolute atomic E-state index is 0.0169. The molecule has 1 spiro atoms. The van der Waals surface area contributed by atoms with Gasteiger partial charge in [0, 0.05) is 0 Å². The largest absolute Gasteiger partial charge is 0.463 e. The zero-order valence-electron chi connectivity index (χ0n) is 20.2. The molecule has 0 radical (unpaired) electrons. The first kappa shape index (κ1) is 24.5. The number of amides is 1. The Labute approximate surface area is 208 Å². The molecule has 36 heavy (non-hydrogen) atoms. The van der Waals surface area contributed by atoms with Crippen LogP contribution in [-0.4, -0.2) is 29.2 Å². The van der Waals surface area contributed by atoms with Gasteiger partial charge in [0.2, 0.25) is 11.8 Å². The fraction of sp³-hybridized carbons (Fsp3) is 0.214. The molecule has 0 aromatic heterocycles. The number of ketones is 1. The molecular formula is C28H25N3O5. The van der Waals surface area contributed by atoms with Gasteiger partial charge in [-0.1, -0.05) is 60.7 Å². The van der Waals surface area contributed by atoms with Crippen LogP contribution in [0.1, 0.15) is 31.9 Å². The van der Waals surface area contributed by atoms with Crippen molar-refractivity contribution in [1.29, 1.82) is 5.26 Å². The summed E-state index contributed by atoms with van der Waals surface area (Å²) in [5, 5.41) is 10.2. The van der Waals surface area contributed by atoms with E-state index in [0.29, 0.717) is 5.56 Å². The lowest BCUT2D eigenvalue weighted by atomic mass is 9.66. The quantitative estimate of drug-likeness (QED) is 0.623. The van der Waals surface area contributed by atoms with Crippen LogP contribution in [-0.2, 0) is 30.4 Å². The number of carbonyl (C=O) groups is 3. The standard InChI is InChI=1S/C28H25N3O5/c1-4-35-26(33)23-24(20-13-9-6-10-14-20)31(16-19-11-7-5-8-12-19)27(34)28(23)21(15-29)25(30)36-18(3)22(28)17(2)32/h5-14H,4,16,30H2,1-3H3. The van der Waals surface area contributed by atoms with E-state index in [4.69, 9.17) is 15.2 Å². The summed E-state index contributed by atoms with van der Waals surface area (Å²) in [6.07, 6.45) is 0. The van der Waals surface area contributed by atoms with Gasteiger partial charge in [0.05, 0.1) is 30.0 Å². The van der Waals surface area contributed by atoms with Crippen molar-refractivity contribution >= 4 is 23.4 Å². The molecule has 182 valence electrons. The molecule has 2 aliphatic rings. The van der Waals surface area contributed by atoms with Gasteiger partial charge < -0.3 is 20.1 Å². The zero-order valence-corrected chi connectivity index (χ0v) is 20.2. The SMILES string of the molecule is CCOC(=O)C1=C(c2ccccc2)N(Cc2ccccc2)C(=O)C12C(C#N)=C(N)OC(C)=C2C(C)=O. The summed E-state index contributed by atoms with van der Waals surface area (Å²) < 4.78 is 10.9. The molecule has 2 aromatic rings. The molecule has 8 nitrogen and oxygen atoms in total. The summed E-state index contributed by atoms with van der Waals surface area (Å²) in [6, 6.07) is 20.0. The highest BCUT2D eigenvalue weighted by atomic mass is 16.5. The van der Waals surface area contributed by atoms with Crippen LogP contribution in [0, 0.1) is 16.7 Å². The first-order valence-corrected chi connectivity index (χ1v) is 11.4. The number of nitriles is 1. The van der Waals surface area contributed by atoms with Crippen molar-refractivity contribution in [2.24, 2.45) is 11.1 Å². The van der Waals surface area contributed by atoms with Crippen molar-refractivity contribution < 1.29 is 23.9 Å². The molecular weight excluding hydrogens is 458 g/mol. The van der Waals surface area contributed by atoms with E-state index in [-0.39, 0.29) is 47.2 Å². The normalized spacial score (nSPS) is 19.5. The van der Waals surface area contributed by atoms with E-state index in [2.05, 4.69) is 0 Å². The van der Waals surface area contributed by atoms with Crippen LogP contribution in [0.5, 0.6) is 0 Å². The smallest absolute Gasteiger partial charge is 0.337 e. The van der Waals surface area contributed by atoms with E-state index in [9.17, 15) is 19.6 Å². The van der Waals surface area contributed by atoms with Crippen LogP contribution in [0.3, 0.4) is 0 Å². The topological polar surface area (TPSA) is 123 Å². The van der Waals surface area contributed by atoms with Crippen LogP contribution in [0.15, 0.2) is 89.0 Å². The lowest BCUT2D eigenvalue weighted by Crippen LogP contribution is -2.46. The summed E-state index contributed by atoms with van der Waals surface area (Å²) >= 11 is 0. The number of esters is 1. The molecule has 4 rings (SSSR count). The van der Waals surface area contributed by atoms with E-state index in [1.165, 1.54) is 18.7 Å². The van der Waals surface area contributed by atoms with Gasteiger partial charge in [0.25, 0.3) is 0 Å². The number of carbonyl (C=O) groups excluding carboxylic acids is 3. The van der Waals surface area contributed by atoms with Crippen molar-refractivity contribution in [2.75, 3.05) is 6.61 Å². The summed E-state index contributed by atoms with van der Waals surface area (Å²) in [5.74, 6) is -2.31. The first-order valence-electron chi connectivity index (χ1n) is 11.4. The third-order valence-corrected chi connectivity index (χ3v) is 6.23. The number of rotatable bonds is 6. The number of nitrogens with two attached hydrogens (primary N) is 1. The van der Waals surface area contributed by atoms with Gasteiger partial charge in [-0.3, -0.25) is 9.59 Å². The molecule has 2 aromatic carbocycles. The van der Waals surface area contributed by atoms with E-state index in [1.54, 1.807) is 37.3 Å². The van der Waals surface area contributed by atoms with Gasteiger partial charge in [-0.2, -0.15) is 5.26 Å². The number of hydrogen-bond donors (Lipinski definition) is 1. The van der Waals surface area contributed by atoms with Gasteiger partial charge in [-0.05, 0) is 31.9 Å². The summed E-state index contributed by atoms with van der Waals surface area (Å²) in [6.45, 7) is 4.48. The molecule has 0 bridgehead atoms. The highest BCUT2D eigenvalue weighted by Gasteiger charge is 2.64. The highest BCUT2D eigenvalue weighted by Crippen LogP contribution is 2.57. The van der Waals surface area contributed by atoms with Crippen LogP contribution >= 0.6 is 0 Å². The summed E-state index contributed by atoms with van der Waals surface area (Å²) in [7, 11) is 0. The van der Waals surface area contributed by atoms with Crippen molar-refractivity contribution in [1.82, 2.24) is 4.90 Å². The Morgan fingerprint density at radius 1 is 1.08 bits per heavy atom. The fourth-order valence-corrected chi connectivity index (χ4v) is 4.95. The van der Waals surface area contributed by atoms with Crippen LogP contribution in [0.2, 0.25) is 0 Å². The van der Waals surface area contributed by atoms with Gasteiger partial charge in [0.15, 0.2) is 11.2 Å². The van der Waals surface area contributed by atoms with E-state index >= 15 is 0 Å². The highest BCUT2D eigenvalue weighted by molar-refractivity contribution is 6.21. The molecule has 2 N–H and O–H groups in total. The number of allylic oxidation sites excluding steroid dienone is 1. The second kappa shape index (κ2) is 9.55. The molecule has 1 atom stereocenters. The Kier molecular flexibility index (Phi) is 6.49. The molecule has 0 saturated heterocycles. The monoisotopic (exact) mass is 483 g/mol. The lowest BCUT2D eigenvalue weighted by Gasteiger charge is -2.35. The maximum Gasteiger partial charge on any atom is 0.337 e. The van der Waals surface area contributed by atoms with Crippen LogP contribution in [0.25, 0.3) is 5.70 Å². The number of hydrogen-bond acceptors (Lipinski definition) is 7. The zero-order chi connectivity index (χ0) is 26.0. The van der Waals surface area contributed by atoms with Crippen molar-refractivity contribution in [3.8, 4) is 6.07 Å². The Balaban J connectivity index is 2.16. The average molecular weight is 484 g/mol. The number of nitrogens with zero attached hydrogens (tertiary/aromatic N) is 2. The van der Waals surface area contributed by atoms with Crippen molar-refractivity contribution in [3.05, 3.63) is 100 Å². The predicted molar refractivity (Wildman–Crippen MR) is 131 cm³/mol. The summed E-state index contributed by atoms with van der Waals surface area (Å²) in [5.41, 5.74) is 5.01. The van der Waals surface area contributed by atoms with Gasteiger partial charge in [0.1, 0.15) is 17.4 Å². The Bertz CT molecular complexity index is 1380. The number of benzene rings is 2. The molecule has 8 heteroatoms. The lowest BCUT2D eigenvalue weighted by molar-refractivity contribution is -0.142. The van der Waals surface area contributed by atoms with Gasteiger partial charge >= 0.3 is 5.97 Å². The first-order chi connectivity index (χ1) is 17.3. The van der Waals surface area contributed by atoms with Gasteiger partial charge in [-0.25, -0.2) is 4.79 Å². The Morgan fingerprint density at radius 2 is 1.69 bits per heavy atom. The average Bonchev–Trinajstić information content (AvgIpc) is 3.09. The maximum absolute atomic E-state index is 14.6. The molecule has 1 amide bonds. The third kappa shape index (κ3) is 3.66. The number of Topliss-reactive ketones (excluding diaryl/α,β-unsaturated/α-hetero) is 1. The minimum Gasteiger partial charge on any atom is -0.463 e. The number of ether oxygens (including phenoxy) is 2. The van der Waals surface area contributed by atoms with Crippen molar-refractivity contribution in [2.45, 2.75) is 27.3 Å². The van der Waals surface area contributed by atoms with E-state index < -0.39 is 23.1 Å². The third-order valence-electron chi connectivity index (χ3n) is 6.23. The van der Waals surface area contributed by atoms with E-state index in [1.807, 2.05) is 36.4 Å². The maximum atomic E-state index is 14.6. The molecule has 2 aliphatic heterocycles. The Hall–Kier alpha value is -4.64. The molecule has 1 unspecified atom stereocenters. The fourth-order valence-electron chi connectivity index (χ4n) is 4.95. The second-order valence-corrected chi connectivity index (χ2v) is 8.38. The van der Waals surface area contributed by atoms with Crippen LogP contribution < -0.4 is 5.73 Å². The molecule has 0 aliphatic carbocycles. The Morgan fingerprint density at radius 3 is 2.25 bits per heavy atom. The molecule has 0 fully saturated rings. The molecule has 2 heterocycles. The van der Waals surface area contributed by atoms with Crippen molar-refractivity contribution in [3.63, 3.8) is 0 Å². The minimum atomic E-state index is -2.11. The van der Waals surface area contributed by atoms with Crippen LogP contribution in [0.4, 0.5) is 0 Å². The summed E-state index contributed by atoms with van der Waals surface area (Å²) in [4.78, 5) is 42.7. The molecule has 0 saturated carbocycles. The predicted octanol–water partition coefficient (Wildman–Crippen LogP) is 3.58. The van der Waals surface area contributed by atoms with E-state index in [0.717, 1.165) is 5.56 Å². The second-order valence-electron chi connectivity index (χ2n) is 8.38. The van der Waals surface area contributed by atoms with Gasteiger partial charge in [-0.15, -0.1) is 0 Å².